The van der Waals surface area contributed by atoms with Gasteiger partial charge in [0.15, 0.2) is 0 Å². The van der Waals surface area contributed by atoms with E-state index in [0.29, 0.717) is 0 Å². The van der Waals surface area contributed by atoms with Gasteiger partial charge in [-0.1, -0.05) is 24.3 Å². The fraction of sp³-hybridized carbons (Fsp3) is 0. The second-order valence-corrected chi connectivity index (χ2v) is 7.51. The van der Waals surface area contributed by atoms with Gasteiger partial charge in [0.05, 0.1) is 11.0 Å². The average Bonchev–Trinajstić information content (AvgIpc) is 3.34. The van der Waals surface area contributed by atoms with Crippen LogP contribution in [0.15, 0.2) is 71.7 Å². The number of fused-ring (bicyclic) bond motifs is 3. The zero-order valence-electron chi connectivity index (χ0n) is 12.6. The minimum atomic E-state index is 0.963. The van der Waals surface area contributed by atoms with Crippen LogP contribution < -0.4 is 0 Å². The molecule has 24 heavy (non-hydrogen) atoms. The molecule has 5 rings (SSSR count). The molecular weight excluding hydrogens is 332 g/mol. The predicted octanol–water partition coefficient (Wildman–Crippen LogP) is 6.24. The number of benzene rings is 1. The summed E-state index contributed by atoms with van der Waals surface area (Å²) >= 11 is 3.47. The van der Waals surface area contributed by atoms with E-state index in [9.17, 15) is 0 Å². The van der Waals surface area contributed by atoms with Gasteiger partial charge in [0, 0.05) is 44.0 Å². The van der Waals surface area contributed by atoms with Gasteiger partial charge in [0.25, 0.3) is 0 Å². The molecule has 0 amide bonds. The molecule has 0 unspecified atom stereocenters. The quantitative estimate of drug-likeness (QED) is 0.354. The molecule has 0 aliphatic heterocycles. The molecule has 0 fully saturated rings. The maximum Gasteiger partial charge on any atom is 0.0965 e. The highest BCUT2D eigenvalue weighted by atomic mass is 32.1. The minimum absolute atomic E-state index is 0.963. The van der Waals surface area contributed by atoms with E-state index < -0.39 is 0 Å². The van der Waals surface area contributed by atoms with Gasteiger partial charge in [-0.05, 0) is 35.0 Å². The first-order valence-electron chi connectivity index (χ1n) is 7.65. The van der Waals surface area contributed by atoms with Crippen molar-refractivity contribution < 1.29 is 0 Å². The number of aromatic nitrogens is 2. The van der Waals surface area contributed by atoms with Crippen molar-refractivity contribution >= 4 is 44.5 Å². The van der Waals surface area contributed by atoms with E-state index in [0.717, 1.165) is 32.9 Å². The van der Waals surface area contributed by atoms with Gasteiger partial charge in [0.1, 0.15) is 0 Å². The van der Waals surface area contributed by atoms with Crippen LogP contribution in [0.25, 0.3) is 42.7 Å². The Kier molecular flexibility index (Phi) is 3.18. The average molecular weight is 344 g/mol. The smallest absolute Gasteiger partial charge is 0.0965 e. The highest BCUT2D eigenvalue weighted by Crippen LogP contribution is 2.31. The third-order valence-electron chi connectivity index (χ3n) is 4.11. The molecular formula is C20H12N2S2. The molecule has 0 bridgehead atoms. The van der Waals surface area contributed by atoms with Crippen LogP contribution in [0.1, 0.15) is 0 Å². The Balaban J connectivity index is 1.70. The van der Waals surface area contributed by atoms with E-state index in [2.05, 4.69) is 59.3 Å². The summed E-state index contributed by atoms with van der Waals surface area (Å²) in [5.74, 6) is 0. The van der Waals surface area contributed by atoms with Crippen molar-refractivity contribution in [3.63, 3.8) is 0 Å². The Morgan fingerprint density at radius 2 is 1.12 bits per heavy atom. The first-order chi connectivity index (χ1) is 11.9. The number of rotatable bonds is 2. The number of hydrogen-bond donors (Lipinski definition) is 0. The first-order valence-corrected chi connectivity index (χ1v) is 9.41. The molecule has 0 aliphatic rings. The second kappa shape index (κ2) is 5.51. The summed E-state index contributed by atoms with van der Waals surface area (Å²) in [6.45, 7) is 0. The van der Waals surface area contributed by atoms with Crippen LogP contribution in [0.2, 0.25) is 0 Å². The Labute approximate surface area is 147 Å². The summed E-state index contributed by atoms with van der Waals surface area (Å²) in [6.07, 6.45) is 3.89. The Bertz CT molecular complexity index is 1050. The van der Waals surface area contributed by atoms with Crippen LogP contribution >= 0.6 is 22.7 Å². The zero-order valence-corrected chi connectivity index (χ0v) is 14.3. The van der Waals surface area contributed by atoms with Crippen LogP contribution in [-0.2, 0) is 0 Å². The molecule has 114 valence electrons. The van der Waals surface area contributed by atoms with Crippen molar-refractivity contribution in [1.29, 1.82) is 0 Å². The van der Waals surface area contributed by atoms with Crippen LogP contribution in [0.3, 0.4) is 0 Å². The third-order valence-corrected chi connectivity index (χ3v) is 5.95. The maximum atomic E-state index is 4.70. The molecule has 1 aromatic carbocycles. The lowest BCUT2D eigenvalue weighted by atomic mass is 10.1. The molecule has 0 radical (unpaired) electrons. The molecule has 4 heteroatoms. The molecule has 0 atom stereocenters. The van der Waals surface area contributed by atoms with E-state index in [1.807, 2.05) is 12.4 Å². The first kappa shape index (κ1) is 13.8. The Hall–Kier alpha value is -2.56. The van der Waals surface area contributed by atoms with Crippen LogP contribution in [0.5, 0.6) is 0 Å². The Morgan fingerprint density at radius 3 is 1.54 bits per heavy atom. The van der Waals surface area contributed by atoms with E-state index in [1.165, 1.54) is 9.75 Å². The van der Waals surface area contributed by atoms with E-state index >= 15 is 0 Å². The molecule has 2 nitrogen and oxygen atoms in total. The summed E-state index contributed by atoms with van der Waals surface area (Å²) in [7, 11) is 0. The van der Waals surface area contributed by atoms with E-state index in [-0.39, 0.29) is 0 Å². The monoisotopic (exact) mass is 344 g/mol. The number of thiophene rings is 2. The maximum absolute atomic E-state index is 4.70. The lowest BCUT2D eigenvalue weighted by Crippen LogP contribution is -1.87. The standard InChI is InChI=1S/C20H12N2S2/c1-3-17(23-7-1)15-9-13-5-6-14-10-16(18-4-2-8-24-18)12-22-20(14)19(13)21-11-15/h1-12H. The third kappa shape index (κ3) is 2.23. The van der Waals surface area contributed by atoms with Crippen molar-refractivity contribution in [3.8, 4) is 20.9 Å². The van der Waals surface area contributed by atoms with Gasteiger partial charge in [-0.2, -0.15) is 0 Å². The van der Waals surface area contributed by atoms with Gasteiger partial charge < -0.3 is 0 Å². The SMILES string of the molecule is c1csc(-c2cnc3c(ccc4cc(-c5cccs5)cnc43)c2)c1. The van der Waals surface area contributed by atoms with Crippen molar-refractivity contribution in [2.24, 2.45) is 0 Å². The molecule has 0 saturated carbocycles. The molecule has 4 aromatic heterocycles. The fourth-order valence-electron chi connectivity index (χ4n) is 2.95. The molecule has 0 spiro atoms. The van der Waals surface area contributed by atoms with Crippen molar-refractivity contribution in [2.75, 3.05) is 0 Å². The van der Waals surface area contributed by atoms with Gasteiger partial charge in [-0.15, -0.1) is 22.7 Å². The van der Waals surface area contributed by atoms with Crippen LogP contribution in [-0.4, -0.2) is 9.97 Å². The van der Waals surface area contributed by atoms with Gasteiger partial charge in [-0.25, -0.2) is 0 Å². The highest BCUT2D eigenvalue weighted by Gasteiger charge is 2.08. The van der Waals surface area contributed by atoms with Crippen molar-refractivity contribution in [3.05, 3.63) is 71.7 Å². The normalized spacial score (nSPS) is 11.3. The van der Waals surface area contributed by atoms with Crippen LogP contribution in [0.4, 0.5) is 0 Å². The number of pyridine rings is 2. The predicted molar refractivity (Wildman–Crippen MR) is 104 cm³/mol. The number of hydrogen-bond acceptors (Lipinski definition) is 4. The Morgan fingerprint density at radius 1 is 0.625 bits per heavy atom. The summed E-state index contributed by atoms with van der Waals surface area (Å²) < 4.78 is 0. The van der Waals surface area contributed by atoms with Crippen molar-refractivity contribution in [2.45, 2.75) is 0 Å². The molecule has 0 saturated heterocycles. The number of nitrogens with zero attached hydrogens (tertiary/aromatic N) is 2. The lowest BCUT2D eigenvalue weighted by molar-refractivity contribution is 1.38. The summed E-state index contributed by atoms with van der Waals surface area (Å²) in [5.41, 5.74) is 4.25. The van der Waals surface area contributed by atoms with Gasteiger partial charge >= 0.3 is 0 Å². The van der Waals surface area contributed by atoms with E-state index in [1.54, 1.807) is 22.7 Å². The van der Waals surface area contributed by atoms with Gasteiger partial charge in [-0.3, -0.25) is 9.97 Å². The molecule has 0 aliphatic carbocycles. The van der Waals surface area contributed by atoms with Crippen LogP contribution in [0, 0.1) is 0 Å². The van der Waals surface area contributed by atoms with Gasteiger partial charge in [0.2, 0.25) is 0 Å². The summed E-state index contributed by atoms with van der Waals surface area (Å²) in [6, 6.07) is 17.1. The topological polar surface area (TPSA) is 25.8 Å². The van der Waals surface area contributed by atoms with E-state index in [4.69, 9.17) is 9.97 Å². The second-order valence-electron chi connectivity index (χ2n) is 5.61. The minimum Gasteiger partial charge on any atom is -0.253 e. The lowest BCUT2D eigenvalue weighted by Gasteiger charge is -2.06. The van der Waals surface area contributed by atoms with Crippen molar-refractivity contribution in [1.82, 2.24) is 9.97 Å². The summed E-state index contributed by atoms with van der Waals surface area (Å²) in [5, 5.41) is 6.44. The highest BCUT2D eigenvalue weighted by molar-refractivity contribution is 7.13. The molecule has 4 heterocycles. The zero-order chi connectivity index (χ0) is 15.9. The molecule has 0 N–H and O–H groups in total. The summed E-state index contributed by atoms with van der Waals surface area (Å²) in [4.78, 5) is 11.9. The largest absolute Gasteiger partial charge is 0.253 e. The fourth-order valence-corrected chi connectivity index (χ4v) is 4.37. The molecule has 5 aromatic rings.